The van der Waals surface area contributed by atoms with Crippen molar-refractivity contribution in [2.75, 3.05) is 6.54 Å². The van der Waals surface area contributed by atoms with Gasteiger partial charge in [-0.2, -0.15) is 0 Å². The molecule has 0 spiro atoms. The lowest BCUT2D eigenvalue weighted by atomic mass is 10.0. The Kier molecular flexibility index (Phi) is 5.11. The van der Waals surface area contributed by atoms with Crippen LogP contribution in [0, 0.1) is 6.92 Å². The van der Waals surface area contributed by atoms with Gasteiger partial charge in [0.25, 0.3) is 0 Å². The molecule has 4 nitrogen and oxygen atoms in total. The van der Waals surface area contributed by atoms with Gasteiger partial charge in [0.2, 0.25) is 5.91 Å². The van der Waals surface area contributed by atoms with E-state index in [1.165, 1.54) is 6.92 Å². The van der Waals surface area contributed by atoms with E-state index in [2.05, 4.69) is 5.32 Å². The first-order valence-corrected chi connectivity index (χ1v) is 5.76. The lowest BCUT2D eigenvalue weighted by Gasteiger charge is -2.04. The summed E-state index contributed by atoms with van der Waals surface area (Å²) >= 11 is 0. The second-order valence-electron chi connectivity index (χ2n) is 4.00. The minimum atomic E-state index is -0.916. The summed E-state index contributed by atoms with van der Waals surface area (Å²) < 4.78 is 0. The van der Waals surface area contributed by atoms with E-state index in [1.54, 1.807) is 19.1 Å². The average molecular weight is 247 g/mol. The Morgan fingerprint density at radius 2 is 2.11 bits per heavy atom. The number of benzene rings is 1. The average Bonchev–Trinajstić information content (AvgIpc) is 2.30. The van der Waals surface area contributed by atoms with Gasteiger partial charge in [-0.25, -0.2) is 4.79 Å². The number of carboxylic acids is 1. The molecule has 0 heterocycles. The van der Waals surface area contributed by atoms with Crippen LogP contribution < -0.4 is 5.32 Å². The lowest BCUT2D eigenvalue weighted by molar-refractivity contribution is -0.118. The van der Waals surface area contributed by atoms with Crippen molar-refractivity contribution in [1.29, 1.82) is 0 Å². The number of hydrogen-bond donors (Lipinski definition) is 2. The fourth-order valence-corrected chi connectivity index (χ4v) is 1.61. The van der Waals surface area contributed by atoms with Crippen LogP contribution in [0.3, 0.4) is 0 Å². The highest BCUT2D eigenvalue weighted by Gasteiger charge is 2.07. The molecule has 0 saturated carbocycles. The van der Waals surface area contributed by atoms with E-state index in [1.807, 2.05) is 18.2 Å². The number of rotatable bonds is 5. The van der Waals surface area contributed by atoms with Gasteiger partial charge >= 0.3 is 5.97 Å². The highest BCUT2D eigenvalue weighted by atomic mass is 16.4. The van der Waals surface area contributed by atoms with Crippen LogP contribution in [-0.2, 0) is 4.79 Å². The SMILES string of the molecule is CC(=O)NCCC=Cc1cccc(C(=O)O)c1C. The van der Waals surface area contributed by atoms with Gasteiger partial charge in [0.05, 0.1) is 5.56 Å². The normalized spacial score (nSPS) is 10.6. The zero-order valence-electron chi connectivity index (χ0n) is 10.6. The van der Waals surface area contributed by atoms with Crippen LogP contribution in [0.4, 0.5) is 0 Å². The molecule has 0 aromatic heterocycles. The maximum absolute atomic E-state index is 11.0. The first-order chi connectivity index (χ1) is 8.52. The number of carbonyl (C=O) groups is 2. The topological polar surface area (TPSA) is 66.4 Å². The van der Waals surface area contributed by atoms with Crippen LogP contribution in [0.15, 0.2) is 24.3 Å². The molecule has 0 saturated heterocycles. The number of amides is 1. The molecule has 0 radical (unpaired) electrons. The van der Waals surface area contributed by atoms with Gasteiger partial charge in [0.1, 0.15) is 0 Å². The number of nitrogens with one attached hydrogen (secondary N) is 1. The number of hydrogen-bond acceptors (Lipinski definition) is 2. The highest BCUT2D eigenvalue weighted by Crippen LogP contribution is 2.15. The molecule has 0 fully saturated rings. The van der Waals surface area contributed by atoms with Crippen molar-refractivity contribution in [2.24, 2.45) is 0 Å². The van der Waals surface area contributed by atoms with Crippen LogP contribution in [0.25, 0.3) is 6.08 Å². The summed E-state index contributed by atoms with van der Waals surface area (Å²) in [6, 6.07) is 5.19. The fraction of sp³-hybridized carbons (Fsp3) is 0.286. The van der Waals surface area contributed by atoms with E-state index >= 15 is 0 Å². The molecule has 96 valence electrons. The van der Waals surface area contributed by atoms with E-state index < -0.39 is 5.97 Å². The Morgan fingerprint density at radius 3 is 2.72 bits per heavy atom. The highest BCUT2D eigenvalue weighted by molar-refractivity contribution is 5.90. The lowest BCUT2D eigenvalue weighted by Crippen LogP contribution is -2.20. The molecule has 0 aliphatic rings. The molecule has 0 atom stereocenters. The Balaban J connectivity index is 2.67. The summed E-state index contributed by atoms with van der Waals surface area (Å²) in [7, 11) is 0. The summed E-state index contributed by atoms with van der Waals surface area (Å²) in [6.45, 7) is 3.85. The van der Waals surface area contributed by atoms with Gasteiger partial charge in [-0.15, -0.1) is 0 Å². The summed E-state index contributed by atoms with van der Waals surface area (Å²) in [5.41, 5.74) is 1.96. The van der Waals surface area contributed by atoms with Crippen LogP contribution >= 0.6 is 0 Å². The van der Waals surface area contributed by atoms with Crippen LogP contribution in [-0.4, -0.2) is 23.5 Å². The zero-order valence-corrected chi connectivity index (χ0v) is 10.6. The van der Waals surface area contributed by atoms with Crippen molar-refractivity contribution in [1.82, 2.24) is 5.32 Å². The molecule has 18 heavy (non-hydrogen) atoms. The minimum Gasteiger partial charge on any atom is -0.478 e. The first-order valence-electron chi connectivity index (χ1n) is 5.76. The minimum absolute atomic E-state index is 0.0487. The van der Waals surface area contributed by atoms with Crippen LogP contribution in [0.5, 0.6) is 0 Å². The molecule has 4 heteroatoms. The van der Waals surface area contributed by atoms with Crippen molar-refractivity contribution in [3.05, 3.63) is 41.0 Å². The molecule has 0 aliphatic heterocycles. The smallest absolute Gasteiger partial charge is 0.335 e. The van der Waals surface area contributed by atoms with E-state index in [9.17, 15) is 9.59 Å². The summed E-state index contributed by atoms with van der Waals surface area (Å²) in [6.07, 6.45) is 4.52. The van der Waals surface area contributed by atoms with Crippen molar-refractivity contribution in [3.8, 4) is 0 Å². The van der Waals surface area contributed by atoms with E-state index in [4.69, 9.17) is 5.11 Å². The van der Waals surface area contributed by atoms with E-state index in [-0.39, 0.29) is 5.91 Å². The number of carbonyl (C=O) groups excluding carboxylic acids is 1. The Bertz CT molecular complexity index is 478. The molecule has 1 aromatic rings. The summed E-state index contributed by atoms with van der Waals surface area (Å²) in [5, 5.41) is 11.7. The van der Waals surface area contributed by atoms with Gasteiger partial charge in [0.15, 0.2) is 0 Å². The standard InChI is InChI=1S/C14H17NO3/c1-10-12(6-3-4-9-15-11(2)16)7-5-8-13(10)14(17)18/h3,5-8H,4,9H2,1-2H3,(H,15,16)(H,17,18). The van der Waals surface area contributed by atoms with Gasteiger partial charge in [-0.1, -0.05) is 24.3 Å². The third-order valence-electron chi connectivity index (χ3n) is 2.59. The second-order valence-corrected chi connectivity index (χ2v) is 4.00. The van der Waals surface area contributed by atoms with Gasteiger partial charge in [-0.05, 0) is 30.5 Å². The predicted molar refractivity (Wildman–Crippen MR) is 70.5 cm³/mol. The van der Waals surface area contributed by atoms with Crippen LogP contribution in [0.2, 0.25) is 0 Å². The van der Waals surface area contributed by atoms with Crippen molar-refractivity contribution >= 4 is 18.0 Å². The molecule has 0 unspecified atom stereocenters. The monoisotopic (exact) mass is 247 g/mol. The fourth-order valence-electron chi connectivity index (χ4n) is 1.61. The van der Waals surface area contributed by atoms with E-state index in [0.717, 1.165) is 17.5 Å². The summed E-state index contributed by atoms with van der Waals surface area (Å²) in [5.74, 6) is -0.964. The first kappa shape index (κ1) is 14.0. The summed E-state index contributed by atoms with van der Waals surface area (Å²) in [4.78, 5) is 21.6. The van der Waals surface area contributed by atoms with Gasteiger partial charge < -0.3 is 10.4 Å². The van der Waals surface area contributed by atoms with Crippen molar-refractivity contribution < 1.29 is 14.7 Å². The molecular formula is C14H17NO3. The van der Waals surface area contributed by atoms with Crippen molar-refractivity contribution in [2.45, 2.75) is 20.3 Å². The molecule has 1 amide bonds. The van der Waals surface area contributed by atoms with Crippen LogP contribution in [0.1, 0.15) is 34.8 Å². The molecular weight excluding hydrogens is 230 g/mol. The Morgan fingerprint density at radius 1 is 1.39 bits per heavy atom. The Labute approximate surface area is 106 Å². The Hall–Kier alpha value is -2.10. The third kappa shape index (κ3) is 4.05. The zero-order chi connectivity index (χ0) is 13.5. The third-order valence-corrected chi connectivity index (χ3v) is 2.59. The predicted octanol–water partition coefficient (Wildman–Crippen LogP) is 2.23. The maximum Gasteiger partial charge on any atom is 0.335 e. The maximum atomic E-state index is 11.0. The number of carboxylic acid groups (broad SMARTS) is 1. The van der Waals surface area contributed by atoms with E-state index in [0.29, 0.717) is 12.1 Å². The van der Waals surface area contributed by atoms with Gasteiger partial charge in [0, 0.05) is 13.5 Å². The molecule has 0 bridgehead atoms. The molecule has 2 N–H and O–H groups in total. The largest absolute Gasteiger partial charge is 0.478 e. The second kappa shape index (κ2) is 6.59. The number of aromatic carboxylic acids is 1. The molecule has 1 aromatic carbocycles. The van der Waals surface area contributed by atoms with Gasteiger partial charge in [-0.3, -0.25) is 4.79 Å². The molecule has 1 rings (SSSR count). The quantitative estimate of drug-likeness (QED) is 0.784. The molecule has 0 aliphatic carbocycles. The van der Waals surface area contributed by atoms with Crippen molar-refractivity contribution in [3.63, 3.8) is 0 Å².